The molecular weight excluding hydrogens is 288 g/mol. The summed E-state index contributed by atoms with van der Waals surface area (Å²) in [6.45, 7) is 1.61. The van der Waals surface area contributed by atoms with E-state index in [9.17, 15) is 4.79 Å². The summed E-state index contributed by atoms with van der Waals surface area (Å²) in [5.41, 5.74) is 0.777. The lowest BCUT2D eigenvalue weighted by atomic mass is 9.97. The molecule has 0 saturated heterocycles. The zero-order valence-corrected chi connectivity index (χ0v) is 11.5. The largest absolute Gasteiger partial charge is 0.294 e. The van der Waals surface area contributed by atoms with Crippen molar-refractivity contribution in [2.24, 2.45) is 0 Å². The summed E-state index contributed by atoms with van der Waals surface area (Å²) in [5.74, 6) is 0.0998. The minimum absolute atomic E-state index is 0.0998. The molecule has 2 heteroatoms. The van der Waals surface area contributed by atoms with E-state index >= 15 is 0 Å². The predicted molar refractivity (Wildman–Crippen MR) is 79.2 cm³/mol. The van der Waals surface area contributed by atoms with Crippen molar-refractivity contribution in [3.63, 3.8) is 0 Å². The highest BCUT2D eigenvalue weighted by Crippen LogP contribution is 2.33. The number of hydrogen-bond donors (Lipinski definition) is 0. The van der Waals surface area contributed by atoms with Crippen molar-refractivity contribution in [2.45, 2.75) is 6.92 Å². The van der Waals surface area contributed by atoms with Crippen LogP contribution in [0.15, 0.2) is 53.0 Å². The highest BCUT2D eigenvalue weighted by molar-refractivity contribution is 9.10. The van der Waals surface area contributed by atoms with Gasteiger partial charge in [0, 0.05) is 10.0 Å². The average Bonchev–Trinajstić information content (AvgIpc) is 2.38. The van der Waals surface area contributed by atoms with Gasteiger partial charge in [-0.25, -0.2) is 0 Å². The molecule has 0 bridgehead atoms. The first-order valence-corrected chi connectivity index (χ1v) is 6.58. The van der Waals surface area contributed by atoms with E-state index in [0.717, 1.165) is 20.8 Å². The molecule has 0 aromatic heterocycles. The Morgan fingerprint density at radius 3 is 2.22 bits per heavy atom. The molecule has 0 aliphatic heterocycles. The number of Topliss-reactive ketones (excluding diaryl/α,β-unsaturated/α-hetero) is 1. The second-order valence-corrected chi connectivity index (χ2v) is 5.22. The van der Waals surface area contributed by atoms with Crippen molar-refractivity contribution < 1.29 is 4.79 Å². The lowest BCUT2D eigenvalue weighted by molar-refractivity contribution is 0.101. The minimum atomic E-state index is 0.0998. The number of ketones is 1. The Morgan fingerprint density at radius 1 is 0.889 bits per heavy atom. The molecule has 0 aliphatic carbocycles. The Kier molecular flexibility index (Phi) is 2.67. The van der Waals surface area contributed by atoms with Crippen LogP contribution in [0, 0.1) is 0 Å². The second-order valence-electron chi connectivity index (χ2n) is 4.36. The van der Waals surface area contributed by atoms with E-state index in [4.69, 9.17) is 0 Å². The van der Waals surface area contributed by atoms with E-state index in [2.05, 4.69) is 34.1 Å². The molecule has 0 unspecified atom stereocenters. The number of halogens is 1. The third kappa shape index (κ3) is 1.65. The number of carbonyl (C=O) groups excluding carboxylic acids is 1. The Labute approximate surface area is 114 Å². The Morgan fingerprint density at radius 2 is 1.50 bits per heavy atom. The van der Waals surface area contributed by atoms with Gasteiger partial charge in [-0.05, 0) is 34.5 Å². The lowest BCUT2D eigenvalue weighted by Crippen LogP contribution is -1.93. The minimum Gasteiger partial charge on any atom is -0.294 e. The van der Waals surface area contributed by atoms with Crippen molar-refractivity contribution in [3.05, 3.63) is 58.6 Å². The van der Waals surface area contributed by atoms with E-state index in [1.165, 1.54) is 10.8 Å². The van der Waals surface area contributed by atoms with Crippen LogP contribution < -0.4 is 0 Å². The van der Waals surface area contributed by atoms with Crippen LogP contribution in [0.1, 0.15) is 17.3 Å². The van der Waals surface area contributed by atoms with Crippen molar-refractivity contribution in [2.75, 3.05) is 0 Å². The van der Waals surface area contributed by atoms with E-state index in [1.54, 1.807) is 6.92 Å². The van der Waals surface area contributed by atoms with Gasteiger partial charge in [0.05, 0.1) is 0 Å². The summed E-state index contributed by atoms with van der Waals surface area (Å²) < 4.78 is 1.03. The molecule has 0 aliphatic rings. The van der Waals surface area contributed by atoms with Gasteiger partial charge in [0.15, 0.2) is 5.78 Å². The van der Waals surface area contributed by atoms with E-state index < -0.39 is 0 Å². The zero-order chi connectivity index (χ0) is 12.7. The van der Waals surface area contributed by atoms with Crippen LogP contribution in [-0.4, -0.2) is 5.78 Å². The molecular formula is C16H11BrO. The summed E-state index contributed by atoms with van der Waals surface area (Å²) >= 11 is 3.59. The molecule has 3 aromatic carbocycles. The topological polar surface area (TPSA) is 17.1 Å². The SMILES string of the molecule is CC(=O)c1cccc2c1cc(Br)c1ccccc12. The van der Waals surface area contributed by atoms with Crippen LogP contribution in [0.3, 0.4) is 0 Å². The molecule has 0 saturated carbocycles. The van der Waals surface area contributed by atoms with Crippen molar-refractivity contribution in [1.82, 2.24) is 0 Å². The average molecular weight is 299 g/mol. The Hall–Kier alpha value is -1.67. The summed E-state index contributed by atoms with van der Waals surface area (Å²) in [6, 6.07) is 16.1. The Balaban J connectivity index is 2.58. The van der Waals surface area contributed by atoms with Gasteiger partial charge in [0.1, 0.15) is 0 Å². The van der Waals surface area contributed by atoms with Crippen LogP contribution in [0.4, 0.5) is 0 Å². The van der Waals surface area contributed by atoms with E-state index in [-0.39, 0.29) is 5.78 Å². The summed E-state index contributed by atoms with van der Waals surface area (Å²) in [7, 11) is 0. The first kappa shape index (κ1) is 11.4. The maximum Gasteiger partial charge on any atom is 0.160 e. The number of benzene rings is 3. The Bertz CT molecular complexity index is 774. The second kappa shape index (κ2) is 4.21. The van der Waals surface area contributed by atoms with Gasteiger partial charge >= 0.3 is 0 Å². The number of fused-ring (bicyclic) bond motifs is 3. The monoisotopic (exact) mass is 298 g/mol. The summed E-state index contributed by atoms with van der Waals surface area (Å²) in [5, 5.41) is 4.48. The molecule has 18 heavy (non-hydrogen) atoms. The molecule has 0 N–H and O–H groups in total. The van der Waals surface area contributed by atoms with Gasteiger partial charge in [-0.3, -0.25) is 4.79 Å². The molecule has 0 amide bonds. The molecule has 1 nitrogen and oxygen atoms in total. The maximum atomic E-state index is 11.7. The molecule has 0 spiro atoms. The number of rotatable bonds is 1. The molecule has 0 atom stereocenters. The van der Waals surface area contributed by atoms with Gasteiger partial charge in [0.25, 0.3) is 0 Å². The zero-order valence-electron chi connectivity index (χ0n) is 9.91. The van der Waals surface area contributed by atoms with Crippen LogP contribution in [0.5, 0.6) is 0 Å². The molecule has 3 rings (SSSR count). The normalized spacial score (nSPS) is 11.0. The number of carbonyl (C=O) groups is 1. The maximum absolute atomic E-state index is 11.7. The highest BCUT2D eigenvalue weighted by Gasteiger charge is 2.09. The molecule has 3 aromatic rings. The van der Waals surface area contributed by atoms with Crippen molar-refractivity contribution >= 4 is 43.3 Å². The van der Waals surface area contributed by atoms with Crippen LogP contribution in [0.25, 0.3) is 21.5 Å². The highest BCUT2D eigenvalue weighted by atomic mass is 79.9. The van der Waals surface area contributed by atoms with E-state index in [1.807, 2.05) is 30.3 Å². The third-order valence-electron chi connectivity index (χ3n) is 3.23. The van der Waals surface area contributed by atoms with Gasteiger partial charge < -0.3 is 0 Å². The van der Waals surface area contributed by atoms with Crippen molar-refractivity contribution in [3.8, 4) is 0 Å². The van der Waals surface area contributed by atoms with Crippen molar-refractivity contribution in [1.29, 1.82) is 0 Å². The van der Waals surface area contributed by atoms with Crippen LogP contribution in [0.2, 0.25) is 0 Å². The van der Waals surface area contributed by atoms with Gasteiger partial charge in [0.2, 0.25) is 0 Å². The summed E-state index contributed by atoms with van der Waals surface area (Å²) in [6.07, 6.45) is 0. The molecule has 0 radical (unpaired) electrons. The van der Waals surface area contributed by atoms with Crippen LogP contribution >= 0.6 is 15.9 Å². The predicted octanol–water partition coefficient (Wildman–Crippen LogP) is 4.96. The molecule has 88 valence electrons. The smallest absolute Gasteiger partial charge is 0.160 e. The van der Waals surface area contributed by atoms with Gasteiger partial charge in [-0.1, -0.05) is 58.4 Å². The fourth-order valence-electron chi connectivity index (χ4n) is 2.39. The molecule has 0 fully saturated rings. The fraction of sp³-hybridized carbons (Fsp3) is 0.0625. The van der Waals surface area contributed by atoms with Gasteiger partial charge in [-0.15, -0.1) is 0 Å². The summed E-state index contributed by atoms with van der Waals surface area (Å²) in [4.78, 5) is 11.7. The third-order valence-corrected chi connectivity index (χ3v) is 3.89. The lowest BCUT2D eigenvalue weighted by Gasteiger charge is -2.09. The number of hydrogen-bond acceptors (Lipinski definition) is 1. The standard InChI is InChI=1S/C16H11BrO/c1-10(18)11-7-4-8-13-12-5-2-3-6-14(12)16(17)9-15(11)13/h2-9H,1H3. The van der Waals surface area contributed by atoms with E-state index in [0.29, 0.717) is 0 Å². The quantitative estimate of drug-likeness (QED) is 0.458. The first-order chi connectivity index (χ1) is 8.68. The van der Waals surface area contributed by atoms with Gasteiger partial charge in [-0.2, -0.15) is 0 Å². The molecule has 0 heterocycles. The van der Waals surface area contributed by atoms with Crippen LogP contribution in [-0.2, 0) is 0 Å². The fourth-order valence-corrected chi connectivity index (χ4v) is 2.97. The first-order valence-electron chi connectivity index (χ1n) is 5.79.